The maximum atomic E-state index is 12.0. The SMILES string of the molecule is O=C(N[C@@H](Cc1ccccc1)B(O)O)c1ccccc1. The summed E-state index contributed by atoms with van der Waals surface area (Å²) < 4.78 is 0. The van der Waals surface area contributed by atoms with Gasteiger partial charge < -0.3 is 15.4 Å². The van der Waals surface area contributed by atoms with Crippen LogP contribution in [0.25, 0.3) is 0 Å². The zero-order valence-electron chi connectivity index (χ0n) is 10.9. The van der Waals surface area contributed by atoms with Crippen LogP contribution in [0.3, 0.4) is 0 Å². The molecule has 5 heteroatoms. The third kappa shape index (κ3) is 3.95. The summed E-state index contributed by atoms with van der Waals surface area (Å²) in [4.78, 5) is 12.0. The predicted octanol–water partition coefficient (Wildman–Crippen LogP) is 1.04. The molecule has 0 saturated carbocycles. The van der Waals surface area contributed by atoms with Crippen molar-refractivity contribution in [2.24, 2.45) is 0 Å². The molecule has 2 aromatic carbocycles. The Labute approximate surface area is 118 Å². The normalized spacial score (nSPS) is 11.7. The van der Waals surface area contributed by atoms with Crippen LogP contribution in [0.5, 0.6) is 0 Å². The highest BCUT2D eigenvalue weighted by molar-refractivity contribution is 6.43. The highest BCUT2D eigenvalue weighted by atomic mass is 16.4. The quantitative estimate of drug-likeness (QED) is 0.710. The Kier molecular flexibility index (Phi) is 4.93. The topological polar surface area (TPSA) is 69.6 Å². The molecule has 0 spiro atoms. The van der Waals surface area contributed by atoms with Crippen molar-refractivity contribution in [3.63, 3.8) is 0 Å². The number of amides is 1. The van der Waals surface area contributed by atoms with Crippen molar-refractivity contribution in [1.82, 2.24) is 5.32 Å². The molecule has 4 nitrogen and oxygen atoms in total. The highest BCUT2D eigenvalue weighted by Gasteiger charge is 2.25. The molecule has 0 fully saturated rings. The molecule has 0 aliphatic carbocycles. The summed E-state index contributed by atoms with van der Waals surface area (Å²) in [5.74, 6) is -1.07. The van der Waals surface area contributed by atoms with Gasteiger partial charge in [-0.3, -0.25) is 4.79 Å². The first-order valence-electron chi connectivity index (χ1n) is 6.43. The average molecular weight is 269 g/mol. The van der Waals surface area contributed by atoms with E-state index in [1.54, 1.807) is 24.3 Å². The molecule has 0 heterocycles. The number of rotatable bonds is 5. The van der Waals surface area contributed by atoms with Gasteiger partial charge in [0.25, 0.3) is 5.91 Å². The lowest BCUT2D eigenvalue weighted by atomic mass is 9.76. The highest BCUT2D eigenvalue weighted by Crippen LogP contribution is 2.06. The van der Waals surface area contributed by atoms with Gasteiger partial charge in [0.15, 0.2) is 0 Å². The molecule has 0 aliphatic rings. The molecule has 0 aromatic heterocycles. The molecular weight excluding hydrogens is 253 g/mol. The molecule has 2 rings (SSSR count). The fraction of sp³-hybridized carbons (Fsp3) is 0.133. The van der Waals surface area contributed by atoms with Crippen molar-refractivity contribution in [3.8, 4) is 0 Å². The summed E-state index contributed by atoms with van der Waals surface area (Å²) in [6.45, 7) is 0. The number of nitrogens with one attached hydrogen (secondary N) is 1. The molecule has 3 N–H and O–H groups in total. The third-order valence-electron chi connectivity index (χ3n) is 3.01. The maximum absolute atomic E-state index is 12.0. The van der Waals surface area contributed by atoms with Crippen LogP contribution in [0, 0.1) is 0 Å². The first-order valence-corrected chi connectivity index (χ1v) is 6.43. The summed E-state index contributed by atoms with van der Waals surface area (Å²) in [7, 11) is -1.61. The van der Waals surface area contributed by atoms with E-state index in [4.69, 9.17) is 0 Å². The summed E-state index contributed by atoms with van der Waals surface area (Å²) in [6, 6.07) is 18.1. The first-order chi connectivity index (χ1) is 9.66. The standard InChI is InChI=1S/C15H16BNO3/c18-15(13-9-5-2-6-10-13)17-14(16(19)20)11-12-7-3-1-4-8-12/h1-10,14,19-20H,11H2,(H,17,18)/t14-/m0/s1. The Morgan fingerprint density at radius 2 is 1.55 bits per heavy atom. The molecule has 2 aromatic rings. The summed E-state index contributed by atoms with van der Waals surface area (Å²) in [5, 5.41) is 21.5. The van der Waals surface area contributed by atoms with Crippen LogP contribution in [0.15, 0.2) is 60.7 Å². The minimum Gasteiger partial charge on any atom is -0.426 e. The monoisotopic (exact) mass is 269 g/mol. The van der Waals surface area contributed by atoms with Crippen LogP contribution < -0.4 is 5.32 Å². The molecular formula is C15H16BNO3. The first kappa shape index (κ1) is 14.3. The smallest absolute Gasteiger partial charge is 0.426 e. The summed E-state index contributed by atoms with van der Waals surface area (Å²) >= 11 is 0. The summed E-state index contributed by atoms with van der Waals surface area (Å²) in [5.41, 5.74) is 1.42. The van der Waals surface area contributed by atoms with Gasteiger partial charge in [-0.05, 0) is 24.1 Å². The summed E-state index contributed by atoms with van der Waals surface area (Å²) in [6.07, 6.45) is 0.358. The van der Waals surface area contributed by atoms with Gasteiger partial charge in [0, 0.05) is 5.56 Å². The van der Waals surface area contributed by atoms with E-state index >= 15 is 0 Å². The second-order valence-corrected chi connectivity index (χ2v) is 4.55. The van der Waals surface area contributed by atoms with Gasteiger partial charge in [-0.2, -0.15) is 0 Å². The molecule has 0 bridgehead atoms. The van der Waals surface area contributed by atoms with Crippen molar-refractivity contribution in [2.45, 2.75) is 12.4 Å². The van der Waals surface area contributed by atoms with Gasteiger partial charge in [0.1, 0.15) is 0 Å². The van der Waals surface area contributed by atoms with Gasteiger partial charge in [-0.1, -0.05) is 48.5 Å². The van der Waals surface area contributed by atoms with Crippen LogP contribution in [0.1, 0.15) is 15.9 Å². The van der Waals surface area contributed by atoms with Gasteiger partial charge in [-0.25, -0.2) is 0 Å². The van der Waals surface area contributed by atoms with Gasteiger partial charge in [0.05, 0.1) is 5.94 Å². The Morgan fingerprint density at radius 1 is 1.00 bits per heavy atom. The molecule has 102 valence electrons. The fourth-order valence-electron chi connectivity index (χ4n) is 1.94. The largest absolute Gasteiger partial charge is 0.475 e. The Balaban J connectivity index is 2.05. The Bertz CT molecular complexity index is 546. The second kappa shape index (κ2) is 6.89. The number of benzene rings is 2. The minimum atomic E-state index is -1.61. The van der Waals surface area contributed by atoms with E-state index < -0.39 is 13.1 Å². The lowest BCUT2D eigenvalue weighted by molar-refractivity contribution is 0.0942. The zero-order chi connectivity index (χ0) is 14.4. The lowest BCUT2D eigenvalue weighted by Gasteiger charge is -2.18. The van der Waals surface area contributed by atoms with Crippen LogP contribution in [0.2, 0.25) is 0 Å². The minimum absolute atomic E-state index is 0.320. The average Bonchev–Trinajstić information content (AvgIpc) is 2.48. The Hall–Kier alpha value is -2.11. The predicted molar refractivity (Wildman–Crippen MR) is 78.0 cm³/mol. The lowest BCUT2D eigenvalue weighted by Crippen LogP contribution is -2.47. The molecule has 20 heavy (non-hydrogen) atoms. The number of hydrogen-bond donors (Lipinski definition) is 3. The third-order valence-corrected chi connectivity index (χ3v) is 3.01. The zero-order valence-corrected chi connectivity index (χ0v) is 10.9. The number of carbonyl (C=O) groups is 1. The molecule has 1 atom stereocenters. The molecule has 0 radical (unpaired) electrons. The van der Waals surface area contributed by atoms with Crippen molar-refractivity contribution in [1.29, 1.82) is 0 Å². The molecule has 0 saturated heterocycles. The second-order valence-electron chi connectivity index (χ2n) is 4.55. The van der Waals surface area contributed by atoms with E-state index in [1.807, 2.05) is 36.4 Å². The number of carbonyl (C=O) groups excluding carboxylic acids is 1. The molecule has 0 aliphatic heterocycles. The van der Waals surface area contributed by atoms with Crippen molar-refractivity contribution in [3.05, 3.63) is 71.8 Å². The van der Waals surface area contributed by atoms with Crippen molar-refractivity contribution in [2.75, 3.05) is 0 Å². The van der Waals surface area contributed by atoms with E-state index in [0.717, 1.165) is 5.56 Å². The van der Waals surface area contributed by atoms with Gasteiger partial charge in [0.2, 0.25) is 0 Å². The maximum Gasteiger partial charge on any atom is 0.475 e. The van der Waals surface area contributed by atoms with Crippen LogP contribution in [0.4, 0.5) is 0 Å². The van der Waals surface area contributed by atoms with Crippen molar-refractivity contribution >= 4 is 13.0 Å². The van der Waals surface area contributed by atoms with E-state index in [9.17, 15) is 14.8 Å². The fourth-order valence-corrected chi connectivity index (χ4v) is 1.94. The molecule has 0 unspecified atom stereocenters. The van der Waals surface area contributed by atoms with Crippen LogP contribution in [-0.4, -0.2) is 29.0 Å². The van der Waals surface area contributed by atoms with Gasteiger partial charge >= 0.3 is 7.12 Å². The Morgan fingerprint density at radius 3 is 2.10 bits per heavy atom. The number of hydrogen-bond acceptors (Lipinski definition) is 3. The van der Waals surface area contributed by atoms with Crippen molar-refractivity contribution < 1.29 is 14.8 Å². The van der Waals surface area contributed by atoms with Crippen LogP contribution in [-0.2, 0) is 6.42 Å². The van der Waals surface area contributed by atoms with E-state index in [0.29, 0.717) is 12.0 Å². The van der Waals surface area contributed by atoms with E-state index in [-0.39, 0.29) is 5.91 Å². The van der Waals surface area contributed by atoms with Crippen LogP contribution >= 0.6 is 0 Å². The van der Waals surface area contributed by atoms with Gasteiger partial charge in [-0.15, -0.1) is 0 Å². The van der Waals surface area contributed by atoms with E-state index in [1.165, 1.54) is 0 Å². The molecule has 1 amide bonds. The van der Waals surface area contributed by atoms with E-state index in [2.05, 4.69) is 5.32 Å².